The Morgan fingerprint density at radius 1 is 1.38 bits per heavy atom. The zero-order valence-electron chi connectivity index (χ0n) is 12.4. The minimum atomic E-state index is -0.390. The van der Waals surface area contributed by atoms with Gasteiger partial charge in [0.25, 0.3) is 5.69 Å². The molecule has 0 fully saturated rings. The zero-order chi connectivity index (χ0) is 15.6. The van der Waals surface area contributed by atoms with E-state index in [9.17, 15) is 10.1 Å². The molecule has 7 heteroatoms. The second-order valence-electron chi connectivity index (χ2n) is 5.17. The van der Waals surface area contributed by atoms with E-state index in [0.717, 1.165) is 18.4 Å². The van der Waals surface area contributed by atoms with Crippen LogP contribution in [0.15, 0.2) is 18.3 Å². The van der Waals surface area contributed by atoms with Crippen molar-refractivity contribution in [3.8, 4) is 5.69 Å². The third-order valence-electron chi connectivity index (χ3n) is 3.45. The Bertz CT molecular complexity index is 665. The molecule has 1 aromatic carbocycles. The fraction of sp³-hybridized carbons (Fsp3) is 0.429. The fourth-order valence-electron chi connectivity index (χ4n) is 2.30. The van der Waals surface area contributed by atoms with Crippen molar-refractivity contribution in [3.05, 3.63) is 45.3 Å². The quantitative estimate of drug-likeness (QED) is 0.673. The van der Waals surface area contributed by atoms with Crippen LogP contribution in [0, 0.1) is 24.0 Å². The highest BCUT2D eigenvalue weighted by Crippen LogP contribution is 2.25. The molecule has 1 aromatic heterocycles. The van der Waals surface area contributed by atoms with Crippen LogP contribution >= 0.6 is 0 Å². The minimum Gasteiger partial charge on any atom is -0.323 e. The van der Waals surface area contributed by atoms with E-state index in [1.165, 1.54) is 6.07 Å². The van der Waals surface area contributed by atoms with Crippen LogP contribution in [-0.4, -0.2) is 19.9 Å². The lowest BCUT2D eigenvalue weighted by Gasteiger charge is -2.07. The number of nitro groups is 1. The minimum absolute atomic E-state index is 0.0745. The second kappa shape index (κ2) is 6.01. The lowest BCUT2D eigenvalue weighted by Crippen LogP contribution is -2.10. The van der Waals surface area contributed by atoms with Gasteiger partial charge in [0.1, 0.15) is 0 Å². The summed E-state index contributed by atoms with van der Waals surface area (Å²) in [6, 6.07) is 3.14. The molecule has 0 amide bonds. The molecule has 7 nitrogen and oxygen atoms in total. The van der Waals surface area contributed by atoms with Gasteiger partial charge >= 0.3 is 0 Å². The van der Waals surface area contributed by atoms with Crippen LogP contribution < -0.4 is 5.73 Å². The number of nitrogens with two attached hydrogens (primary N) is 1. The maximum atomic E-state index is 11.1. The average Bonchev–Trinajstić information content (AvgIpc) is 2.88. The maximum absolute atomic E-state index is 11.1. The summed E-state index contributed by atoms with van der Waals surface area (Å²) < 4.78 is 1.55. The van der Waals surface area contributed by atoms with Crippen LogP contribution in [0.5, 0.6) is 0 Å². The lowest BCUT2D eigenvalue weighted by molar-refractivity contribution is -0.385. The Morgan fingerprint density at radius 2 is 2.10 bits per heavy atom. The first-order chi connectivity index (χ1) is 9.93. The molecule has 1 atom stereocenters. The van der Waals surface area contributed by atoms with E-state index in [0.29, 0.717) is 16.9 Å². The lowest BCUT2D eigenvalue weighted by atomic mass is 10.1. The van der Waals surface area contributed by atoms with Crippen molar-refractivity contribution in [2.75, 3.05) is 0 Å². The van der Waals surface area contributed by atoms with Crippen LogP contribution in [0.1, 0.15) is 42.6 Å². The highest BCUT2D eigenvalue weighted by atomic mass is 16.6. The van der Waals surface area contributed by atoms with Gasteiger partial charge in [-0.25, -0.2) is 4.68 Å². The SMILES string of the molecule is CCCC(N)c1cn(-c2cc([N+](=O)[O-])c(C)cc2C)nn1. The largest absolute Gasteiger partial charge is 0.323 e. The Balaban J connectivity index is 2.42. The predicted octanol–water partition coefficient (Wildman–Crippen LogP) is 2.59. The second-order valence-corrected chi connectivity index (χ2v) is 5.17. The topological polar surface area (TPSA) is 99.9 Å². The fourth-order valence-corrected chi connectivity index (χ4v) is 2.30. The first-order valence-corrected chi connectivity index (χ1v) is 6.87. The van der Waals surface area contributed by atoms with Gasteiger partial charge < -0.3 is 5.73 Å². The van der Waals surface area contributed by atoms with Crippen molar-refractivity contribution in [1.82, 2.24) is 15.0 Å². The summed E-state index contributed by atoms with van der Waals surface area (Å²) in [5, 5.41) is 19.2. The summed E-state index contributed by atoms with van der Waals surface area (Å²) in [7, 11) is 0. The molecular weight excluding hydrogens is 270 g/mol. The summed E-state index contributed by atoms with van der Waals surface area (Å²) in [5.74, 6) is 0. The number of aryl methyl sites for hydroxylation is 2. The third-order valence-corrected chi connectivity index (χ3v) is 3.45. The predicted molar refractivity (Wildman–Crippen MR) is 79.3 cm³/mol. The molecule has 1 unspecified atom stereocenters. The summed E-state index contributed by atoms with van der Waals surface area (Å²) in [6.07, 6.45) is 3.52. The van der Waals surface area contributed by atoms with Crippen LogP contribution in [0.2, 0.25) is 0 Å². The van der Waals surface area contributed by atoms with Gasteiger partial charge in [0.2, 0.25) is 0 Å². The number of benzene rings is 1. The molecule has 0 bridgehead atoms. The van der Waals surface area contributed by atoms with Crippen molar-refractivity contribution < 1.29 is 4.92 Å². The zero-order valence-corrected chi connectivity index (χ0v) is 12.4. The molecule has 0 radical (unpaired) electrons. The Hall–Kier alpha value is -2.28. The van der Waals surface area contributed by atoms with Gasteiger partial charge in [0.15, 0.2) is 0 Å². The molecule has 0 aliphatic rings. The molecule has 0 spiro atoms. The van der Waals surface area contributed by atoms with E-state index in [1.54, 1.807) is 23.9 Å². The molecule has 2 aromatic rings. The van der Waals surface area contributed by atoms with Crippen molar-refractivity contribution in [3.63, 3.8) is 0 Å². The van der Waals surface area contributed by atoms with Crippen LogP contribution in [-0.2, 0) is 0 Å². The smallest absolute Gasteiger partial charge is 0.274 e. The van der Waals surface area contributed by atoms with Crippen molar-refractivity contribution in [2.24, 2.45) is 5.73 Å². The average molecular weight is 289 g/mol. The summed E-state index contributed by atoms with van der Waals surface area (Å²) in [5.41, 5.74) is 8.96. The molecular formula is C14H19N5O2. The molecule has 112 valence electrons. The number of nitrogens with zero attached hydrogens (tertiary/aromatic N) is 4. The number of rotatable bonds is 5. The van der Waals surface area contributed by atoms with Gasteiger partial charge in [-0.05, 0) is 31.9 Å². The van der Waals surface area contributed by atoms with E-state index >= 15 is 0 Å². The molecule has 0 saturated heterocycles. The highest BCUT2D eigenvalue weighted by Gasteiger charge is 2.17. The van der Waals surface area contributed by atoms with Crippen molar-refractivity contribution >= 4 is 5.69 Å². The van der Waals surface area contributed by atoms with Gasteiger partial charge in [-0.3, -0.25) is 10.1 Å². The first kappa shape index (κ1) is 15.1. The molecule has 0 aliphatic heterocycles. The number of aromatic nitrogens is 3. The highest BCUT2D eigenvalue weighted by molar-refractivity contribution is 5.53. The van der Waals surface area contributed by atoms with Crippen molar-refractivity contribution in [1.29, 1.82) is 0 Å². The van der Waals surface area contributed by atoms with Gasteiger partial charge in [-0.1, -0.05) is 18.6 Å². The standard InChI is InChI=1S/C14H19N5O2/c1-4-5-11(15)12-8-18(17-16-12)13-7-14(19(20)21)10(3)6-9(13)2/h6-8,11H,4-5,15H2,1-3H3. The van der Waals surface area contributed by atoms with E-state index < -0.39 is 0 Å². The van der Waals surface area contributed by atoms with Gasteiger partial charge in [0, 0.05) is 11.6 Å². The molecule has 21 heavy (non-hydrogen) atoms. The summed E-state index contributed by atoms with van der Waals surface area (Å²) in [4.78, 5) is 10.7. The van der Waals surface area contributed by atoms with Crippen LogP contribution in [0.4, 0.5) is 5.69 Å². The van der Waals surface area contributed by atoms with Crippen LogP contribution in [0.25, 0.3) is 5.69 Å². The summed E-state index contributed by atoms with van der Waals surface area (Å²) >= 11 is 0. The van der Waals surface area contributed by atoms with Gasteiger partial charge in [0.05, 0.1) is 28.5 Å². The third kappa shape index (κ3) is 3.08. The first-order valence-electron chi connectivity index (χ1n) is 6.87. The van der Waals surface area contributed by atoms with E-state index in [4.69, 9.17) is 5.73 Å². The van der Waals surface area contributed by atoms with Crippen molar-refractivity contribution in [2.45, 2.75) is 39.7 Å². The molecule has 1 heterocycles. The number of nitro benzene ring substituents is 1. The van der Waals surface area contributed by atoms with Gasteiger partial charge in [-0.2, -0.15) is 0 Å². The normalized spacial score (nSPS) is 12.4. The molecule has 2 N–H and O–H groups in total. The molecule has 0 saturated carbocycles. The Kier molecular flexibility index (Phi) is 4.32. The van der Waals surface area contributed by atoms with E-state index in [2.05, 4.69) is 17.2 Å². The van der Waals surface area contributed by atoms with E-state index in [1.807, 2.05) is 6.92 Å². The maximum Gasteiger partial charge on any atom is 0.274 e. The monoisotopic (exact) mass is 289 g/mol. The number of hydrogen-bond acceptors (Lipinski definition) is 5. The molecule has 2 rings (SSSR count). The Morgan fingerprint density at radius 3 is 2.71 bits per heavy atom. The summed E-state index contributed by atoms with van der Waals surface area (Å²) in [6.45, 7) is 5.66. The van der Waals surface area contributed by atoms with Gasteiger partial charge in [-0.15, -0.1) is 5.10 Å². The molecule has 0 aliphatic carbocycles. The Labute approximate surface area is 122 Å². The van der Waals surface area contributed by atoms with E-state index in [-0.39, 0.29) is 16.7 Å². The van der Waals surface area contributed by atoms with Crippen LogP contribution in [0.3, 0.4) is 0 Å². The number of hydrogen-bond donors (Lipinski definition) is 1.